The molecule has 2 aromatic carbocycles. The number of hydrogen-bond acceptors (Lipinski definition) is 2. The molecule has 19 heavy (non-hydrogen) atoms. The summed E-state index contributed by atoms with van der Waals surface area (Å²) in [4.78, 5) is 4.40. The van der Waals surface area contributed by atoms with Crippen LogP contribution in [0.15, 0.2) is 49.8 Å². The average molecular weight is 446 g/mol. The maximum atomic E-state index is 6.07. The third-order valence-electron chi connectivity index (χ3n) is 2.80. The third-order valence-corrected chi connectivity index (χ3v) is 4.58. The number of benzene rings is 2. The number of halogens is 3. The van der Waals surface area contributed by atoms with Gasteiger partial charge in [-0.3, -0.25) is 4.57 Å². The SMILES string of the molecule is Nc1nc2cc(Br)ccc2n1-c1c(Br)cccc1Br. The van der Waals surface area contributed by atoms with Gasteiger partial charge in [-0.05, 0) is 62.2 Å². The Morgan fingerprint density at radius 3 is 2.37 bits per heavy atom. The van der Waals surface area contributed by atoms with E-state index in [4.69, 9.17) is 5.73 Å². The van der Waals surface area contributed by atoms with Gasteiger partial charge in [0, 0.05) is 13.4 Å². The summed E-state index contributed by atoms with van der Waals surface area (Å²) in [7, 11) is 0. The zero-order chi connectivity index (χ0) is 13.6. The number of nitrogen functional groups attached to an aromatic ring is 1. The zero-order valence-corrected chi connectivity index (χ0v) is 14.3. The molecule has 1 heterocycles. The Kier molecular flexibility index (Phi) is 3.41. The number of anilines is 1. The highest BCUT2D eigenvalue weighted by Crippen LogP contribution is 2.34. The number of fused-ring (bicyclic) bond motifs is 1. The second kappa shape index (κ2) is 4.92. The van der Waals surface area contributed by atoms with E-state index in [-0.39, 0.29) is 0 Å². The van der Waals surface area contributed by atoms with Gasteiger partial charge in [0.1, 0.15) is 0 Å². The Morgan fingerprint density at radius 1 is 1.00 bits per heavy atom. The summed E-state index contributed by atoms with van der Waals surface area (Å²) in [6.07, 6.45) is 0. The first-order valence-corrected chi connectivity index (χ1v) is 7.83. The van der Waals surface area contributed by atoms with Crippen molar-refractivity contribution in [2.45, 2.75) is 0 Å². The quantitative estimate of drug-likeness (QED) is 0.579. The summed E-state index contributed by atoms with van der Waals surface area (Å²) < 4.78 is 4.82. The topological polar surface area (TPSA) is 43.8 Å². The van der Waals surface area contributed by atoms with Crippen molar-refractivity contribution in [2.24, 2.45) is 0 Å². The highest BCUT2D eigenvalue weighted by molar-refractivity contribution is 9.11. The molecule has 0 atom stereocenters. The predicted octanol–water partition coefficient (Wildman–Crippen LogP) is 4.90. The van der Waals surface area contributed by atoms with E-state index >= 15 is 0 Å². The van der Waals surface area contributed by atoms with Crippen molar-refractivity contribution in [2.75, 3.05) is 5.73 Å². The van der Waals surface area contributed by atoms with Crippen LogP contribution in [0.1, 0.15) is 0 Å². The summed E-state index contributed by atoms with van der Waals surface area (Å²) >= 11 is 10.6. The number of imidazole rings is 1. The van der Waals surface area contributed by atoms with E-state index in [2.05, 4.69) is 52.8 Å². The number of nitrogens with two attached hydrogens (primary N) is 1. The molecule has 0 spiro atoms. The Hall–Kier alpha value is -0.850. The predicted molar refractivity (Wildman–Crippen MR) is 88.6 cm³/mol. The van der Waals surface area contributed by atoms with Crippen LogP contribution in [0.25, 0.3) is 16.7 Å². The first-order chi connectivity index (χ1) is 9.08. The lowest BCUT2D eigenvalue weighted by atomic mass is 10.3. The minimum atomic E-state index is 0.459. The molecule has 0 aliphatic heterocycles. The van der Waals surface area contributed by atoms with Crippen molar-refractivity contribution in [3.8, 4) is 5.69 Å². The molecule has 0 saturated carbocycles. The average Bonchev–Trinajstić information content (AvgIpc) is 2.65. The van der Waals surface area contributed by atoms with Gasteiger partial charge in [0.05, 0.1) is 16.7 Å². The Labute approximate surface area is 135 Å². The van der Waals surface area contributed by atoms with E-state index in [0.717, 1.165) is 30.1 Å². The molecule has 0 unspecified atom stereocenters. The molecule has 3 aromatic rings. The van der Waals surface area contributed by atoms with E-state index in [9.17, 15) is 0 Å². The van der Waals surface area contributed by atoms with Gasteiger partial charge >= 0.3 is 0 Å². The smallest absolute Gasteiger partial charge is 0.206 e. The van der Waals surface area contributed by atoms with Crippen LogP contribution in [0, 0.1) is 0 Å². The maximum absolute atomic E-state index is 6.07. The van der Waals surface area contributed by atoms with Gasteiger partial charge in [0.2, 0.25) is 5.95 Å². The number of rotatable bonds is 1. The monoisotopic (exact) mass is 443 g/mol. The number of hydrogen-bond donors (Lipinski definition) is 1. The number of aromatic nitrogens is 2. The fourth-order valence-electron chi connectivity index (χ4n) is 2.01. The van der Waals surface area contributed by atoms with E-state index in [0.29, 0.717) is 5.95 Å². The van der Waals surface area contributed by atoms with E-state index < -0.39 is 0 Å². The molecular formula is C13H8Br3N3. The molecule has 0 saturated heterocycles. The van der Waals surface area contributed by atoms with Crippen LogP contribution < -0.4 is 5.73 Å². The van der Waals surface area contributed by atoms with Crippen LogP contribution in [0.4, 0.5) is 5.95 Å². The largest absolute Gasteiger partial charge is 0.369 e. The van der Waals surface area contributed by atoms with Crippen LogP contribution in [0.5, 0.6) is 0 Å². The Bertz CT molecular complexity index is 760. The summed E-state index contributed by atoms with van der Waals surface area (Å²) in [5.74, 6) is 0.459. The molecule has 3 rings (SSSR count). The van der Waals surface area contributed by atoms with Gasteiger partial charge in [-0.15, -0.1) is 0 Å². The lowest BCUT2D eigenvalue weighted by Gasteiger charge is -2.11. The molecule has 6 heteroatoms. The van der Waals surface area contributed by atoms with E-state index in [1.807, 2.05) is 41.0 Å². The summed E-state index contributed by atoms with van der Waals surface area (Å²) in [5, 5.41) is 0. The van der Waals surface area contributed by atoms with Crippen LogP contribution in [0.2, 0.25) is 0 Å². The van der Waals surface area contributed by atoms with E-state index in [1.54, 1.807) is 0 Å². The van der Waals surface area contributed by atoms with Gasteiger partial charge in [0.15, 0.2) is 0 Å². The summed E-state index contributed by atoms with van der Waals surface area (Å²) in [6.45, 7) is 0. The Balaban J connectivity index is 2.40. The van der Waals surface area contributed by atoms with Gasteiger partial charge in [-0.25, -0.2) is 4.98 Å². The standard InChI is InChI=1S/C13H8Br3N3/c14-7-4-5-11-10(6-7)18-13(17)19(11)12-8(15)2-1-3-9(12)16/h1-6H,(H2,17,18). The lowest BCUT2D eigenvalue weighted by Crippen LogP contribution is -2.02. The highest BCUT2D eigenvalue weighted by Gasteiger charge is 2.15. The fraction of sp³-hybridized carbons (Fsp3) is 0. The fourth-order valence-corrected chi connectivity index (χ4v) is 3.71. The lowest BCUT2D eigenvalue weighted by molar-refractivity contribution is 1.09. The van der Waals surface area contributed by atoms with Gasteiger partial charge in [0.25, 0.3) is 0 Å². The second-order valence-corrected chi connectivity index (χ2v) is 6.63. The van der Waals surface area contributed by atoms with Crippen LogP contribution in [-0.4, -0.2) is 9.55 Å². The number of para-hydroxylation sites is 1. The molecule has 0 fully saturated rings. The van der Waals surface area contributed by atoms with Crippen LogP contribution in [0.3, 0.4) is 0 Å². The van der Waals surface area contributed by atoms with Crippen LogP contribution in [-0.2, 0) is 0 Å². The molecule has 0 amide bonds. The van der Waals surface area contributed by atoms with Crippen molar-refractivity contribution in [1.29, 1.82) is 0 Å². The molecule has 0 aliphatic carbocycles. The van der Waals surface area contributed by atoms with E-state index in [1.165, 1.54) is 0 Å². The van der Waals surface area contributed by atoms with Gasteiger partial charge < -0.3 is 5.73 Å². The van der Waals surface area contributed by atoms with Crippen molar-refractivity contribution in [3.05, 3.63) is 49.8 Å². The van der Waals surface area contributed by atoms with Gasteiger partial charge in [-0.2, -0.15) is 0 Å². The summed E-state index contributed by atoms with van der Waals surface area (Å²) in [5.41, 5.74) is 8.84. The molecule has 1 aromatic heterocycles. The molecule has 0 aliphatic rings. The molecular weight excluding hydrogens is 438 g/mol. The molecule has 0 bridgehead atoms. The molecule has 3 nitrogen and oxygen atoms in total. The molecule has 2 N–H and O–H groups in total. The van der Waals surface area contributed by atoms with Gasteiger partial charge in [-0.1, -0.05) is 22.0 Å². The minimum Gasteiger partial charge on any atom is -0.369 e. The first-order valence-electron chi connectivity index (χ1n) is 5.46. The van der Waals surface area contributed by atoms with Crippen LogP contribution >= 0.6 is 47.8 Å². The first kappa shape index (κ1) is 13.1. The second-order valence-electron chi connectivity index (χ2n) is 4.01. The highest BCUT2D eigenvalue weighted by atomic mass is 79.9. The normalized spacial score (nSPS) is 11.1. The number of nitrogens with zero attached hydrogens (tertiary/aromatic N) is 2. The molecule has 0 radical (unpaired) electrons. The third kappa shape index (κ3) is 2.22. The van der Waals surface area contributed by atoms with Crippen molar-refractivity contribution in [1.82, 2.24) is 9.55 Å². The van der Waals surface area contributed by atoms with Crippen molar-refractivity contribution >= 4 is 64.8 Å². The summed E-state index contributed by atoms with van der Waals surface area (Å²) in [6, 6.07) is 11.8. The maximum Gasteiger partial charge on any atom is 0.206 e. The minimum absolute atomic E-state index is 0.459. The Morgan fingerprint density at radius 2 is 1.68 bits per heavy atom. The zero-order valence-electron chi connectivity index (χ0n) is 9.57. The van der Waals surface area contributed by atoms with Crippen molar-refractivity contribution < 1.29 is 0 Å². The van der Waals surface area contributed by atoms with Crippen molar-refractivity contribution in [3.63, 3.8) is 0 Å². The molecule has 96 valence electrons.